The minimum atomic E-state index is -1.21. The first-order chi connectivity index (χ1) is 18.6. The summed E-state index contributed by atoms with van der Waals surface area (Å²) in [6.07, 6.45) is 3.89. The number of nitrogens with one attached hydrogen (secondary N) is 1. The number of fused-ring (bicyclic) bond motifs is 1. The number of carbonyl (C=O) groups is 3. The molecular weight excluding hydrogens is 518 g/mol. The fourth-order valence-electron chi connectivity index (χ4n) is 4.02. The van der Waals surface area contributed by atoms with Crippen LogP contribution in [0, 0.1) is 0 Å². The third kappa shape index (κ3) is 6.80. The lowest BCUT2D eigenvalue weighted by Gasteiger charge is -2.22. The molecule has 3 N–H and O–H groups in total. The highest BCUT2D eigenvalue weighted by Crippen LogP contribution is 2.23. The molecule has 0 bridgehead atoms. The van der Waals surface area contributed by atoms with Gasteiger partial charge in [-0.2, -0.15) is 0 Å². The number of aromatic nitrogens is 1. The van der Waals surface area contributed by atoms with E-state index < -0.39 is 17.9 Å². The molecule has 39 heavy (non-hydrogen) atoms. The van der Waals surface area contributed by atoms with Crippen LogP contribution in [0.3, 0.4) is 0 Å². The molecule has 0 spiro atoms. The Balaban J connectivity index is 1.63. The number of halogens is 1. The second-order valence-electron chi connectivity index (χ2n) is 9.15. The molecule has 0 fully saturated rings. The van der Waals surface area contributed by atoms with Crippen LogP contribution in [0.5, 0.6) is 5.75 Å². The van der Waals surface area contributed by atoms with Crippen LogP contribution in [-0.4, -0.2) is 58.0 Å². The van der Waals surface area contributed by atoms with Crippen LogP contribution in [0.4, 0.5) is 0 Å². The molecule has 0 aliphatic heterocycles. The second kappa shape index (κ2) is 11.8. The Morgan fingerprint density at radius 3 is 2.23 bits per heavy atom. The van der Waals surface area contributed by atoms with E-state index in [1.165, 1.54) is 23.1 Å². The van der Waals surface area contributed by atoms with Crippen molar-refractivity contribution in [2.24, 2.45) is 0 Å². The van der Waals surface area contributed by atoms with Gasteiger partial charge in [0, 0.05) is 30.9 Å². The van der Waals surface area contributed by atoms with E-state index in [2.05, 4.69) is 10.3 Å². The number of aromatic carboxylic acids is 1. The van der Waals surface area contributed by atoms with Gasteiger partial charge in [0.2, 0.25) is 5.91 Å². The van der Waals surface area contributed by atoms with Gasteiger partial charge in [-0.3, -0.25) is 9.59 Å². The highest BCUT2D eigenvalue weighted by Gasteiger charge is 2.25. The van der Waals surface area contributed by atoms with Gasteiger partial charge in [-0.25, -0.2) is 9.78 Å². The van der Waals surface area contributed by atoms with E-state index in [1.807, 2.05) is 24.3 Å². The maximum absolute atomic E-state index is 13.2. The maximum atomic E-state index is 13.2. The van der Waals surface area contributed by atoms with Crippen molar-refractivity contribution in [1.29, 1.82) is 0 Å². The standard InChI is InChI=1S/C30H26ClN3O5/c1-34(2)29(37)27(16-20-7-12-22(35)13-8-20)33-28(36)26-17-24(30(38)39)23-15-19(9-14-25(23)32-26)4-3-18-5-10-21(31)11-6-18/h3-15,17,27,35H,16H2,1-2H3,(H,33,36)(H,38,39)/b4-3+/t27-/m1/s1. The van der Waals surface area contributed by atoms with Gasteiger partial charge in [-0.1, -0.05) is 54.1 Å². The number of phenolic OH excluding ortho intramolecular Hbond substituents is 1. The largest absolute Gasteiger partial charge is 0.508 e. The Hall–Kier alpha value is -4.69. The molecule has 0 saturated heterocycles. The number of pyridine rings is 1. The van der Waals surface area contributed by atoms with Gasteiger partial charge >= 0.3 is 5.97 Å². The molecule has 4 aromatic rings. The number of hydrogen-bond acceptors (Lipinski definition) is 5. The van der Waals surface area contributed by atoms with Crippen molar-refractivity contribution in [2.75, 3.05) is 14.1 Å². The number of rotatable bonds is 8. The van der Waals surface area contributed by atoms with Crippen molar-refractivity contribution >= 4 is 52.4 Å². The Morgan fingerprint density at radius 1 is 0.949 bits per heavy atom. The molecule has 198 valence electrons. The first-order valence-corrected chi connectivity index (χ1v) is 12.4. The molecule has 0 unspecified atom stereocenters. The fraction of sp³-hybridized carbons (Fsp3) is 0.133. The van der Waals surface area contributed by atoms with Gasteiger partial charge in [-0.15, -0.1) is 0 Å². The molecule has 2 amide bonds. The number of amides is 2. The van der Waals surface area contributed by atoms with Crippen molar-refractivity contribution in [1.82, 2.24) is 15.2 Å². The third-order valence-electron chi connectivity index (χ3n) is 6.05. The van der Waals surface area contributed by atoms with Gasteiger partial charge in [0.15, 0.2) is 0 Å². The summed E-state index contributed by atoms with van der Waals surface area (Å²) in [5.74, 6) is -2.14. The van der Waals surface area contributed by atoms with E-state index in [9.17, 15) is 24.6 Å². The van der Waals surface area contributed by atoms with E-state index in [-0.39, 0.29) is 29.3 Å². The normalized spacial score (nSPS) is 11.9. The molecule has 4 rings (SSSR count). The maximum Gasteiger partial charge on any atom is 0.336 e. The molecule has 0 aliphatic rings. The minimum absolute atomic E-state index is 0.0825. The summed E-state index contributed by atoms with van der Waals surface area (Å²) in [7, 11) is 3.15. The van der Waals surface area contributed by atoms with Gasteiger partial charge < -0.3 is 20.4 Å². The van der Waals surface area contributed by atoms with Crippen molar-refractivity contribution in [2.45, 2.75) is 12.5 Å². The van der Waals surface area contributed by atoms with Crippen molar-refractivity contribution < 1.29 is 24.6 Å². The number of nitrogens with zero attached hydrogens (tertiary/aromatic N) is 2. The summed E-state index contributed by atoms with van der Waals surface area (Å²) in [6, 6.07) is 19.0. The highest BCUT2D eigenvalue weighted by molar-refractivity contribution is 6.30. The molecular formula is C30H26ClN3O5. The molecule has 0 aliphatic carbocycles. The predicted octanol–water partition coefficient (Wildman–Crippen LogP) is 4.89. The van der Waals surface area contributed by atoms with Crippen LogP contribution < -0.4 is 5.32 Å². The Morgan fingerprint density at radius 2 is 1.59 bits per heavy atom. The topological polar surface area (TPSA) is 120 Å². The van der Waals surface area contributed by atoms with E-state index in [0.717, 1.165) is 16.7 Å². The summed E-state index contributed by atoms with van der Waals surface area (Å²) in [5.41, 5.74) is 2.54. The number of carboxylic acids is 1. The summed E-state index contributed by atoms with van der Waals surface area (Å²) < 4.78 is 0. The molecule has 9 heteroatoms. The first-order valence-electron chi connectivity index (χ1n) is 12.0. The molecule has 1 atom stereocenters. The lowest BCUT2D eigenvalue weighted by molar-refractivity contribution is -0.130. The Kier molecular flexibility index (Phi) is 8.27. The van der Waals surface area contributed by atoms with Crippen LogP contribution in [0.25, 0.3) is 23.1 Å². The van der Waals surface area contributed by atoms with Gasteiger partial charge in [0.1, 0.15) is 17.5 Å². The highest BCUT2D eigenvalue weighted by atomic mass is 35.5. The average molecular weight is 544 g/mol. The number of carboxylic acid groups (broad SMARTS) is 1. The molecule has 1 heterocycles. The number of phenols is 1. The summed E-state index contributed by atoms with van der Waals surface area (Å²) in [5, 5.41) is 23.1. The molecule has 0 saturated carbocycles. The number of carbonyl (C=O) groups excluding carboxylic acids is 2. The van der Waals surface area contributed by atoms with Crippen LogP contribution >= 0.6 is 11.6 Å². The SMILES string of the molecule is CN(C)C(=O)[C@@H](Cc1ccc(O)cc1)NC(=O)c1cc(C(=O)O)c2cc(/C=C/c3ccc(Cl)cc3)ccc2n1. The zero-order chi connectivity index (χ0) is 28.1. The van der Waals surface area contributed by atoms with E-state index in [4.69, 9.17) is 11.6 Å². The van der Waals surface area contributed by atoms with Gasteiger partial charge in [0.05, 0.1) is 11.1 Å². The summed E-state index contributed by atoms with van der Waals surface area (Å²) in [6.45, 7) is 0. The zero-order valence-corrected chi connectivity index (χ0v) is 22.0. The molecule has 8 nitrogen and oxygen atoms in total. The molecule has 1 aromatic heterocycles. The quantitative estimate of drug-likeness (QED) is 0.272. The molecule has 0 radical (unpaired) electrons. The molecule has 3 aromatic carbocycles. The van der Waals surface area contributed by atoms with E-state index >= 15 is 0 Å². The van der Waals surface area contributed by atoms with Gasteiger partial charge in [0.25, 0.3) is 5.91 Å². The number of benzene rings is 3. The number of likely N-dealkylation sites (N-methyl/N-ethyl adjacent to an activating group) is 1. The van der Waals surface area contributed by atoms with Crippen molar-refractivity contribution in [3.63, 3.8) is 0 Å². The zero-order valence-electron chi connectivity index (χ0n) is 21.3. The third-order valence-corrected chi connectivity index (χ3v) is 6.31. The van der Waals surface area contributed by atoms with Crippen molar-refractivity contribution in [3.8, 4) is 5.75 Å². The van der Waals surface area contributed by atoms with Crippen LogP contribution in [-0.2, 0) is 11.2 Å². The van der Waals surface area contributed by atoms with Crippen LogP contribution in [0.2, 0.25) is 5.02 Å². The lowest BCUT2D eigenvalue weighted by Crippen LogP contribution is -2.47. The van der Waals surface area contributed by atoms with Gasteiger partial charge in [-0.05, 0) is 59.2 Å². The number of hydrogen-bond donors (Lipinski definition) is 3. The smallest absolute Gasteiger partial charge is 0.336 e. The van der Waals surface area contributed by atoms with E-state index in [1.54, 1.807) is 56.6 Å². The second-order valence-corrected chi connectivity index (χ2v) is 9.59. The summed E-state index contributed by atoms with van der Waals surface area (Å²) >= 11 is 5.93. The Bertz CT molecular complexity index is 1560. The monoisotopic (exact) mass is 543 g/mol. The fourth-order valence-corrected chi connectivity index (χ4v) is 4.14. The Labute approximate surface area is 230 Å². The average Bonchev–Trinajstić information content (AvgIpc) is 2.92. The minimum Gasteiger partial charge on any atom is -0.508 e. The lowest BCUT2D eigenvalue weighted by atomic mass is 10.0. The first kappa shape index (κ1) is 27.3. The predicted molar refractivity (Wildman–Crippen MR) is 151 cm³/mol. The van der Waals surface area contributed by atoms with Crippen LogP contribution in [0.15, 0.2) is 72.8 Å². The summed E-state index contributed by atoms with van der Waals surface area (Å²) in [4.78, 5) is 43.9. The van der Waals surface area contributed by atoms with Crippen LogP contribution in [0.1, 0.15) is 37.5 Å². The van der Waals surface area contributed by atoms with Crippen molar-refractivity contribution in [3.05, 3.63) is 106 Å². The van der Waals surface area contributed by atoms with E-state index in [0.29, 0.717) is 15.9 Å². The number of aromatic hydroxyl groups is 1.